The van der Waals surface area contributed by atoms with Crippen molar-refractivity contribution in [1.82, 2.24) is 20.3 Å². The molecule has 0 atom stereocenters. The summed E-state index contributed by atoms with van der Waals surface area (Å²) in [5.41, 5.74) is 10.5. The van der Waals surface area contributed by atoms with Crippen molar-refractivity contribution in [2.24, 2.45) is 0 Å². The maximum absolute atomic E-state index is 6.17. The number of benzene rings is 2. The number of rotatable bonds is 7. The van der Waals surface area contributed by atoms with Crippen LogP contribution in [-0.4, -0.2) is 27.4 Å². The van der Waals surface area contributed by atoms with Crippen LogP contribution in [0.5, 0.6) is 11.5 Å². The molecule has 1 heterocycles. The largest absolute Gasteiger partial charge is 0.493 e. The monoisotopic (exact) mass is 360 g/mol. The van der Waals surface area contributed by atoms with Gasteiger partial charge in [0.2, 0.25) is 0 Å². The van der Waals surface area contributed by atoms with Crippen LogP contribution in [0.4, 0.5) is 5.95 Å². The Morgan fingerprint density at radius 3 is 2.72 bits per heavy atom. The molecule has 3 aromatic rings. The van der Waals surface area contributed by atoms with Crippen LogP contribution in [0.2, 0.25) is 5.02 Å². The van der Waals surface area contributed by atoms with Gasteiger partial charge in [0.05, 0.1) is 13.7 Å². The molecule has 1 aromatic heterocycles. The van der Waals surface area contributed by atoms with Crippen molar-refractivity contribution in [3.8, 4) is 11.5 Å². The third-order valence-corrected chi connectivity index (χ3v) is 3.67. The van der Waals surface area contributed by atoms with E-state index < -0.39 is 0 Å². The fourth-order valence-corrected chi connectivity index (χ4v) is 2.50. The molecule has 0 aliphatic heterocycles. The first-order chi connectivity index (χ1) is 12.2. The molecular weight excluding hydrogens is 344 g/mol. The van der Waals surface area contributed by atoms with Gasteiger partial charge in [-0.15, -0.1) is 4.79 Å². The lowest BCUT2D eigenvalue weighted by Gasteiger charge is -2.16. The molecule has 0 saturated heterocycles. The van der Waals surface area contributed by atoms with E-state index in [0.717, 1.165) is 11.1 Å². The molecule has 8 nitrogen and oxygen atoms in total. The summed E-state index contributed by atoms with van der Waals surface area (Å²) in [5, 5.41) is 11.4. The first kappa shape index (κ1) is 16.8. The first-order valence-electron chi connectivity index (χ1n) is 7.48. The molecule has 0 unspecified atom stereocenters. The van der Waals surface area contributed by atoms with Gasteiger partial charge in [-0.25, -0.2) is 0 Å². The zero-order chi connectivity index (χ0) is 17.6. The van der Waals surface area contributed by atoms with Crippen molar-refractivity contribution in [1.29, 1.82) is 0 Å². The Hall–Kier alpha value is -3.00. The third kappa shape index (κ3) is 4.10. The van der Waals surface area contributed by atoms with Gasteiger partial charge in [0.15, 0.2) is 11.5 Å². The minimum Gasteiger partial charge on any atom is -0.493 e. The Morgan fingerprint density at radius 2 is 2.04 bits per heavy atom. The lowest BCUT2D eigenvalue weighted by Crippen LogP contribution is -2.19. The van der Waals surface area contributed by atoms with E-state index in [2.05, 4.69) is 21.0 Å². The second-order valence-electron chi connectivity index (χ2n) is 5.15. The molecule has 0 bridgehead atoms. The summed E-state index contributed by atoms with van der Waals surface area (Å²) in [4.78, 5) is 1.27. The van der Waals surface area contributed by atoms with Crippen molar-refractivity contribution >= 4 is 17.5 Å². The quantitative estimate of drug-likeness (QED) is 0.666. The van der Waals surface area contributed by atoms with Crippen LogP contribution < -0.4 is 20.6 Å². The maximum atomic E-state index is 6.17. The molecule has 130 valence electrons. The Morgan fingerprint density at radius 1 is 1.24 bits per heavy atom. The van der Waals surface area contributed by atoms with Crippen LogP contribution in [-0.2, 0) is 13.2 Å². The molecule has 0 aliphatic carbocycles. The van der Waals surface area contributed by atoms with Crippen molar-refractivity contribution in [2.75, 3.05) is 18.3 Å². The van der Waals surface area contributed by atoms with Crippen molar-refractivity contribution in [3.05, 3.63) is 58.6 Å². The first-order valence-corrected chi connectivity index (χ1v) is 7.86. The topological polar surface area (TPSA) is 100 Å². The summed E-state index contributed by atoms with van der Waals surface area (Å²) in [6, 6.07) is 13.3. The maximum Gasteiger partial charge on any atom is 0.260 e. The number of ether oxygens (including phenoxy) is 2. The normalized spacial score (nSPS) is 10.5. The molecular formula is C16H17ClN6O2. The number of nitrogens with one attached hydrogen (secondary N) is 1. The number of nitrogen functional groups attached to an aromatic ring is 1. The highest BCUT2D eigenvalue weighted by atomic mass is 35.5. The minimum atomic E-state index is 0.153. The van der Waals surface area contributed by atoms with Crippen molar-refractivity contribution in [3.63, 3.8) is 0 Å². The highest BCUT2D eigenvalue weighted by Crippen LogP contribution is 2.35. The zero-order valence-electron chi connectivity index (χ0n) is 13.5. The summed E-state index contributed by atoms with van der Waals surface area (Å²) in [5.74, 6) is 1.29. The lowest BCUT2D eigenvalue weighted by molar-refractivity contribution is 0.281. The summed E-state index contributed by atoms with van der Waals surface area (Å²) in [6.07, 6.45) is 0. The fraction of sp³-hybridized carbons (Fsp3) is 0.188. The smallest absolute Gasteiger partial charge is 0.260 e. The molecule has 0 amide bonds. The molecule has 0 spiro atoms. The van der Waals surface area contributed by atoms with Crippen LogP contribution in [0, 0.1) is 0 Å². The molecule has 9 heteroatoms. The SMILES string of the molecule is COc1cc(Cl)cc(CNn2nnnc2N)c1OCc1ccccc1. The average molecular weight is 361 g/mol. The van der Waals surface area contributed by atoms with Gasteiger partial charge >= 0.3 is 0 Å². The number of tetrazole rings is 1. The second kappa shape index (κ2) is 7.71. The molecule has 0 aliphatic rings. The van der Waals surface area contributed by atoms with E-state index in [4.69, 9.17) is 26.8 Å². The third-order valence-electron chi connectivity index (χ3n) is 3.46. The number of anilines is 1. The molecule has 2 aromatic carbocycles. The van der Waals surface area contributed by atoms with Gasteiger partial charge in [-0.05, 0) is 22.1 Å². The molecule has 0 fully saturated rings. The van der Waals surface area contributed by atoms with E-state index >= 15 is 0 Å². The number of hydrogen-bond acceptors (Lipinski definition) is 7. The fourth-order valence-electron chi connectivity index (χ4n) is 2.27. The Labute approximate surface area is 149 Å². The lowest BCUT2D eigenvalue weighted by atomic mass is 10.1. The molecule has 25 heavy (non-hydrogen) atoms. The Kier molecular flexibility index (Phi) is 5.20. The van der Waals surface area contributed by atoms with Gasteiger partial charge in [-0.3, -0.25) is 0 Å². The summed E-state index contributed by atoms with van der Waals surface area (Å²) in [6.45, 7) is 0.745. The van der Waals surface area contributed by atoms with E-state index in [1.807, 2.05) is 30.3 Å². The Balaban J connectivity index is 1.82. The van der Waals surface area contributed by atoms with Crippen LogP contribution in [0.3, 0.4) is 0 Å². The van der Waals surface area contributed by atoms with E-state index in [1.165, 1.54) is 4.79 Å². The van der Waals surface area contributed by atoms with Gasteiger partial charge in [0.1, 0.15) is 6.61 Å². The zero-order valence-corrected chi connectivity index (χ0v) is 14.3. The molecule has 0 radical (unpaired) electrons. The summed E-state index contributed by atoms with van der Waals surface area (Å²) >= 11 is 6.17. The number of nitrogens with zero attached hydrogens (tertiary/aromatic N) is 4. The molecule has 3 rings (SSSR count). The van der Waals surface area contributed by atoms with Crippen LogP contribution >= 0.6 is 11.6 Å². The number of aromatic nitrogens is 4. The van der Waals surface area contributed by atoms with Gasteiger partial charge in [-0.1, -0.05) is 47.0 Å². The number of hydrogen-bond donors (Lipinski definition) is 2. The van der Waals surface area contributed by atoms with Crippen LogP contribution in [0.15, 0.2) is 42.5 Å². The summed E-state index contributed by atoms with van der Waals surface area (Å²) < 4.78 is 11.4. The highest BCUT2D eigenvalue weighted by molar-refractivity contribution is 6.30. The number of nitrogens with two attached hydrogens (primary N) is 1. The number of halogens is 1. The highest BCUT2D eigenvalue weighted by Gasteiger charge is 2.14. The van der Waals surface area contributed by atoms with E-state index in [0.29, 0.717) is 29.7 Å². The van der Waals surface area contributed by atoms with E-state index in [-0.39, 0.29) is 5.95 Å². The van der Waals surface area contributed by atoms with Gasteiger partial charge in [-0.2, -0.15) is 0 Å². The number of methoxy groups -OCH3 is 1. The van der Waals surface area contributed by atoms with Crippen LogP contribution in [0.25, 0.3) is 0 Å². The van der Waals surface area contributed by atoms with Gasteiger partial charge < -0.3 is 20.6 Å². The van der Waals surface area contributed by atoms with Crippen LogP contribution in [0.1, 0.15) is 11.1 Å². The average Bonchev–Trinajstić information content (AvgIpc) is 3.04. The minimum absolute atomic E-state index is 0.153. The van der Waals surface area contributed by atoms with E-state index in [1.54, 1.807) is 19.2 Å². The van der Waals surface area contributed by atoms with Crippen molar-refractivity contribution in [2.45, 2.75) is 13.2 Å². The van der Waals surface area contributed by atoms with E-state index in [9.17, 15) is 0 Å². The summed E-state index contributed by atoms with van der Waals surface area (Å²) in [7, 11) is 1.57. The standard InChI is InChI=1S/C16H17ClN6O2/c1-24-14-8-13(17)7-12(9-19-23-16(18)20-21-22-23)15(14)25-10-11-5-3-2-4-6-11/h2-8,19H,9-10H2,1H3,(H2,18,20,22). The predicted octanol–water partition coefficient (Wildman–Crippen LogP) is 2.24. The van der Waals surface area contributed by atoms with Crippen molar-refractivity contribution < 1.29 is 9.47 Å². The second-order valence-corrected chi connectivity index (χ2v) is 5.59. The Bertz CT molecular complexity index is 840. The predicted molar refractivity (Wildman–Crippen MR) is 94.1 cm³/mol. The van der Waals surface area contributed by atoms with Gasteiger partial charge in [0.25, 0.3) is 5.95 Å². The molecule has 0 saturated carbocycles. The van der Waals surface area contributed by atoms with Gasteiger partial charge in [0, 0.05) is 16.7 Å². The molecule has 3 N–H and O–H groups in total.